The summed E-state index contributed by atoms with van der Waals surface area (Å²) in [6, 6.07) is 1.40. The van der Waals surface area contributed by atoms with Gasteiger partial charge in [0.2, 0.25) is 0 Å². The number of rotatable bonds is 11. The van der Waals surface area contributed by atoms with Crippen molar-refractivity contribution < 1.29 is 23.5 Å². The Morgan fingerprint density at radius 3 is 2.16 bits per heavy atom. The van der Waals surface area contributed by atoms with E-state index in [1.54, 1.807) is 13.0 Å². The molecule has 210 valence electrons. The number of hydrogen-bond donors (Lipinski definition) is 0. The lowest BCUT2D eigenvalue weighted by Crippen LogP contribution is -2.44. The van der Waals surface area contributed by atoms with Crippen LogP contribution in [0.4, 0.5) is 0 Å². The zero-order valence-electron chi connectivity index (χ0n) is 23.9. The van der Waals surface area contributed by atoms with E-state index in [4.69, 9.17) is 30.5 Å². The molecule has 0 N–H and O–H groups in total. The lowest BCUT2D eigenvalue weighted by molar-refractivity contribution is -0.144. The second kappa shape index (κ2) is 13.9. The summed E-state index contributed by atoms with van der Waals surface area (Å²) in [6.07, 6.45) is 1.36. The number of nitrogens with zero attached hydrogens (tertiary/aromatic N) is 1. The number of halogens is 3. The summed E-state index contributed by atoms with van der Waals surface area (Å²) in [5, 5.41) is 0.303. The number of Topliss-reactive ketones (excluding diaryl/α,β-unsaturated/α-hetero) is 1. The summed E-state index contributed by atoms with van der Waals surface area (Å²) in [5.74, 6) is -1.72. The van der Waals surface area contributed by atoms with Crippen LogP contribution in [0.25, 0.3) is 0 Å². The molecule has 0 fully saturated rings. The summed E-state index contributed by atoms with van der Waals surface area (Å²) in [6.45, 7) is 23.3. The highest BCUT2D eigenvalue weighted by molar-refractivity contribution is 14.1. The first-order valence-electron chi connectivity index (χ1n) is 12.5. The van der Waals surface area contributed by atoms with E-state index in [2.05, 4.69) is 99.8 Å². The van der Waals surface area contributed by atoms with Gasteiger partial charge in [0.1, 0.15) is 5.75 Å². The average Bonchev–Trinajstić information content (AvgIpc) is 2.74. The summed E-state index contributed by atoms with van der Waals surface area (Å²) in [4.78, 5) is 31.4. The third-order valence-electron chi connectivity index (χ3n) is 6.38. The molecule has 0 aliphatic carbocycles. The molecule has 10 heteroatoms. The van der Waals surface area contributed by atoms with Gasteiger partial charge >= 0.3 is 5.97 Å². The molecule has 37 heavy (non-hydrogen) atoms. The van der Waals surface area contributed by atoms with Gasteiger partial charge in [0.05, 0.1) is 37.5 Å². The molecule has 0 bridgehead atoms. The second-order valence-electron chi connectivity index (χ2n) is 11.9. The summed E-state index contributed by atoms with van der Waals surface area (Å²) in [5.41, 5.74) is -0.0137. The van der Waals surface area contributed by atoms with E-state index >= 15 is 0 Å². The molecule has 0 heterocycles. The van der Waals surface area contributed by atoms with Crippen molar-refractivity contribution in [2.45, 2.75) is 92.6 Å². The molecule has 2 unspecified atom stereocenters. The fourth-order valence-electron chi connectivity index (χ4n) is 2.95. The van der Waals surface area contributed by atoms with Crippen molar-refractivity contribution in [3.63, 3.8) is 0 Å². The summed E-state index contributed by atoms with van der Waals surface area (Å²) >= 11 is 10.8. The predicted octanol–water partition coefficient (Wildman–Crippen LogP) is 8.21. The number of benzene rings is 1. The molecule has 0 saturated carbocycles. The second-order valence-corrected chi connectivity index (χ2v) is 19.3. The minimum Gasteiger partial charge on any atom is -0.489 e. The zero-order chi connectivity index (χ0) is 28.9. The van der Waals surface area contributed by atoms with Crippen LogP contribution in [0.2, 0.25) is 23.2 Å². The Balaban J connectivity index is 3.44. The van der Waals surface area contributed by atoms with Crippen LogP contribution in [0.1, 0.15) is 72.7 Å². The highest BCUT2D eigenvalue weighted by Crippen LogP contribution is 2.38. The lowest BCUT2D eigenvalue weighted by atomic mass is 9.87. The Kier molecular flexibility index (Phi) is 13.1. The molecule has 0 aliphatic rings. The summed E-state index contributed by atoms with van der Waals surface area (Å²) < 4.78 is 19.0. The van der Waals surface area contributed by atoms with Crippen molar-refractivity contribution in [1.82, 2.24) is 0 Å². The van der Waals surface area contributed by atoms with Crippen LogP contribution in [-0.4, -0.2) is 51.6 Å². The number of ketones is 1. The van der Waals surface area contributed by atoms with E-state index in [0.29, 0.717) is 15.9 Å². The van der Waals surface area contributed by atoms with E-state index in [1.165, 1.54) is 6.21 Å². The Bertz CT molecular complexity index is 1000. The fraction of sp³-hybridized carbons (Fsp3) is 0.667. The lowest BCUT2D eigenvalue weighted by Gasteiger charge is -2.38. The topological polar surface area (TPSA) is 74.2 Å². The Morgan fingerprint density at radius 1 is 1.14 bits per heavy atom. The largest absolute Gasteiger partial charge is 0.489 e. The monoisotopic (exact) mass is 777 g/mol. The SMILES string of the molecule is CCOC(=O)C(C=NC(CO[Si](C)(C)C(C)(C)C)C(C)(C)C)C(=O)c1cc(I)c(OC(C)C)c(I)c1Cl. The maximum atomic E-state index is 13.7. The van der Waals surface area contributed by atoms with Crippen LogP contribution < -0.4 is 4.74 Å². The Hall–Kier alpha value is -0.243. The van der Waals surface area contributed by atoms with Gasteiger partial charge in [-0.3, -0.25) is 14.6 Å². The Morgan fingerprint density at radius 2 is 1.70 bits per heavy atom. The van der Waals surface area contributed by atoms with Gasteiger partial charge in [-0.05, 0) is 95.6 Å². The highest BCUT2D eigenvalue weighted by atomic mass is 127. The van der Waals surface area contributed by atoms with Crippen LogP contribution in [-0.2, 0) is 14.0 Å². The number of carbonyl (C=O) groups excluding carboxylic acids is 2. The third kappa shape index (κ3) is 9.72. The van der Waals surface area contributed by atoms with Crippen molar-refractivity contribution in [2.75, 3.05) is 13.2 Å². The molecule has 2 atom stereocenters. The van der Waals surface area contributed by atoms with Crippen LogP contribution in [0.3, 0.4) is 0 Å². The van der Waals surface area contributed by atoms with Gasteiger partial charge in [-0.1, -0.05) is 53.1 Å². The van der Waals surface area contributed by atoms with Crippen LogP contribution in [0.15, 0.2) is 11.1 Å². The maximum Gasteiger partial charge on any atom is 0.322 e. The van der Waals surface area contributed by atoms with Crippen molar-refractivity contribution in [3.8, 4) is 5.75 Å². The molecule has 0 spiro atoms. The van der Waals surface area contributed by atoms with E-state index in [1.807, 2.05) is 13.8 Å². The number of carbonyl (C=O) groups is 2. The first-order chi connectivity index (χ1) is 16.7. The van der Waals surface area contributed by atoms with Gasteiger partial charge in [0.25, 0.3) is 0 Å². The van der Waals surface area contributed by atoms with Crippen molar-refractivity contribution in [1.29, 1.82) is 0 Å². The van der Waals surface area contributed by atoms with E-state index in [9.17, 15) is 9.59 Å². The molecule has 0 saturated heterocycles. The third-order valence-corrected chi connectivity index (χ3v) is 13.4. The van der Waals surface area contributed by atoms with Crippen molar-refractivity contribution in [2.24, 2.45) is 16.3 Å². The molecule has 0 aromatic heterocycles. The average molecular weight is 778 g/mol. The number of aliphatic imine (C=N–C) groups is 1. The number of ether oxygens (including phenoxy) is 2. The highest BCUT2D eigenvalue weighted by Gasteiger charge is 2.39. The number of hydrogen-bond acceptors (Lipinski definition) is 6. The first-order valence-corrected chi connectivity index (χ1v) is 17.9. The first kappa shape index (κ1) is 34.8. The molecule has 0 radical (unpaired) electrons. The zero-order valence-corrected chi connectivity index (χ0v) is 30.0. The molecule has 1 aromatic carbocycles. The number of esters is 1. The van der Waals surface area contributed by atoms with Gasteiger partial charge in [0.15, 0.2) is 20.0 Å². The quantitative estimate of drug-likeness (QED) is 0.0431. The molecule has 0 aliphatic heterocycles. The maximum absolute atomic E-state index is 13.7. The van der Waals surface area contributed by atoms with Crippen molar-refractivity contribution >= 4 is 83.1 Å². The minimum absolute atomic E-state index is 0.0538. The standard InChI is InChI=1S/C27H42ClI2NO5Si/c1-12-34-25(33)18(14-31-20(26(4,5)6)15-35-37(10,11)27(7,8)9)23(32)17-13-19(29)24(36-16(2)3)22(30)21(17)28/h13-14,16,18,20H,12,15H2,1-11H3. The van der Waals surface area contributed by atoms with Gasteiger partial charge in [0, 0.05) is 11.8 Å². The molecule has 1 rings (SSSR count). The predicted molar refractivity (Wildman–Crippen MR) is 172 cm³/mol. The summed E-state index contributed by atoms with van der Waals surface area (Å²) in [7, 11) is -2.01. The van der Waals surface area contributed by atoms with Gasteiger partial charge in [-0.15, -0.1) is 0 Å². The Labute approximate surface area is 256 Å². The smallest absolute Gasteiger partial charge is 0.322 e. The van der Waals surface area contributed by atoms with E-state index < -0.39 is 26.0 Å². The van der Waals surface area contributed by atoms with Gasteiger partial charge in [-0.2, -0.15) is 0 Å². The van der Waals surface area contributed by atoms with Crippen LogP contribution in [0.5, 0.6) is 5.75 Å². The van der Waals surface area contributed by atoms with Crippen molar-refractivity contribution in [3.05, 3.63) is 23.8 Å². The normalized spacial score (nSPS) is 14.7. The van der Waals surface area contributed by atoms with Gasteiger partial charge < -0.3 is 13.9 Å². The van der Waals surface area contributed by atoms with E-state index in [-0.39, 0.29) is 39.8 Å². The fourth-order valence-corrected chi connectivity index (χ4v) is 6.12. The van der Waals surface area contributed by atoms with Gasteiger partial charge in [-0.25, -0.2) is 0 Å². The molecule has 1 aromatic rings. The van der Waals surface area contributed by atoms with E-state index in [0.717, 1.165) is 3.57 Å². The minimum atomic E-state index is -2.01. The van der Waals surface area contributed by atoms with Crippen LogP contribution in [0, 0.1) is 18.5 Å². The molecule has 6 nitrogen and oxygen atoms in total. The molecule has 0 amide bonds. The molecular weight excluding hydrogens is 736 g/mol. The molecular formula is C27H42ClI2NO5Si. The van der Waals surface area contributed by atoms with Crippen LogP contribution >= 0.6 is 56.8 Å².